The van der Waals surface area contributed by atoms with Gasteiger partial charge in [0.2, 0.25) is 5.78 Å². The Morgan fingerprint density at radius 1 is 1.50 bits per heavy atom. The van der Waals surface area contributed by atoms with Crippen molar-refractivity contribution in [2.45, 2.75) is 19.4 Å². The number of ketones is 1. The van der Waals surface area contributed by atoms with Crippen molar-refractivity contribution in [1.82, 2.24) is 4.90 Å². The number of amides is 1. The van der Waals surface area contributed by atoms with Gasteiger partial charge in [0.1, 0.15) is 0 Å². The molecule has 1 atom stereocenters. The minimum absolute atomic E-state index is 0.0361. The van der Waals surface area contributed by atoms with Crippen LogP contribution in [0, 0.1) is 0 Å². The van der Waals surface area contributed by atoms with E-state index in [1.165, 1.54) is 0 Å². The van der Waals surface area contributed by atoms with Crippen LogP contribution in [0.1, 0.15) is 24.3 Å². The van der Waals surface area contributed by atoms with Gasteiger partial charge < -0.3 is 4.90 Å². The maximum atomic E-state index is 11.4. The van der Waals surface area contributed by atoms with Crippen molar-refractivity contribution in [2.75, 3.05) is 6.54 Å². The molecule has 1 fully saturated rings. The van der Waals surface area contributed by atoms with Gasteiger partial charge in [-0.15, -0.1) is 11.3 Å². The first-order valence-corrected chi connectivity index (χ1v) is 5.45. The molecule has 2 heterocycles. The van der Waals surface area contributed by atoms with Crippen molar-refractivity contribution in [3.8, 4) is 0 Å². The van der Waals surface area contributed by atoms with E-state index in [1.807, 2.05) is 24.4 Å². The molecule has 0 spiro atoms. The highest BCUT2D eigenvalue weighted by Crippen LogP contribution is 2.27. The van der Waals surface area contributed by atoms with Crippen LogP contribution in [-0.2, 0) is 9.59 Å². The minimum atomic E-state index is -0.328. The molecule has 1 saturated heterocycles. The number of carbonyl (C=O) groups excluding carboxylic acids is 2. The molecule has 4 heteroatoms. The van der Waals surface area contributed by atoms with Crippen molar-refractivity contribution in [1.29, 1.82) is 0 Å². The van der Waals surface area contributed by atoms with Crippen molar-refractivity contribution in [3.63, 3.8) is 0 Å². The quantitative estimate of drug-likeness (QED) is 0.694. The van der Waals surface area contributed by atoms with E-state index in [1.54, 1.807) is 16.2 Å². The lowest BCUT2D eigenvalue weighted by Crippen LogP contribution is -2.29. The molecule has 1 unspecified atom stereocenters. The summed E-state index contributed by atoms with van der Waals surface area (Å²) in [6.45, 7) is 2.53. The molecule has 0 N–H and O–H groups in total. The predicted octanol–water partition coefficient (Wildman–Crippen LogP) is 1.61. The highest BCUT2D eigenvalue weighted by atomic mass is 32.1. The number of likely N-dealkylation sites (tertiary alicyclic amines) is 1. The van der Waals surface area contributed by atoms with Crippen molar-refractivity contribution in [3.05, 3.63) is 22.4 Å². The average Bonchev–Trinajstić information content (AvgIpc) is 2.77. The van der Waals surface area contributed by atoms with E-state index >= 15 is 0 Å². The molecule has 1 aliphatic rings. The molecular formula is C10H11NO2S. The summed E-state index contributed by atoms with van der Waals surface area (Å²) in [4.78, 5) is 25.3. The van der Waals surface area contributed by atoms with Gasteiger partial charge in [0.05, 0.1) is 6.04 Å². The van der Waals surface area contributed by atoms with Crippen LogP contribution < -0.4 is 0 Å². The van der Waals surface area contributed by atoms with E-state index < -0.39 is 0 Å². The third-order valence-corrected chi connectivity index (χ3v) is 3.54. The first-order valence-electron chi connectivity index (χ1n) is 4.57. The molecular weight excluding hydrogens is 198 g/mol. The van der Waals surface area contributed by atoms with Crippen molar-refractivity contribution in [2.24, 2.45) is 0 Å². The fourth-order valence-electron chi connectivity index (χ4n) is 1.64. The predicted molar refractivity (Wildman–Crippen MR) is 54.1 cm³/mol. The fourth-order valence-corrected chi connectivity index (χ4v) is 2.44. The lowest BCUT2D eigenvalue weighted by Gasteiger charge is -2.21. The summed E-state index contributed by atoms with van der Waals surface area (Å²) >= 11 is 1.62. The molecule has 3 nitrogen and oxygen atoms in total. The van der Waals surface area contributed by atoms with Gasteiger partial charge in [-0.25, -0.2) is 0 Å². The molecule has 1 amide bonds. The second-order valence-corrected chi connectivity index (χ2v) is 4.34. The molecule has 0 aromatic carbocycles. The fraction of sp³-hybridized carbons (Fsp3) is 0.400. The van der Waals surface area contributed by atoms with E-state index in [-0.39, 0.29) is 17.7 Å². The van der Waals surface area contributed by atoms with Crippen LogP contribution in [0.15, 0.2) is 17.5 Å². The Balaban J connectivity index is 2.17. The number of hydrogen-bond donors (Lipinski definition) is 0. The zero-order valence-corrected chi connectivity index (χ0v) is 8.71. The molecule has 2 rings (SSSR count). The van der Waals surface area contributed by atoms with Crippen LogP contribution in [0.3, 0.4) is 0 Å². The molecule has 74 valence electrons. The van der Waals surface area contributed by atoms with Crippen LogP contribution in [0.5, 0.6) is 0 Å². The second-order valence-electron chi connectivity index (χ2n) is 3.36. The zero-order chi connectivity index (χ0) is 10.1. The Bertz CT molecular complexity index is 358. The number of rotatable bonds is 2. The van der Waals surface area contributed by atoms with E-state index in [2.05, 4.69) is 0 Å². The van der Waals surface area contributed by atoms with Gasteiger partial charge in [0.25, 0.3) is 5.91 Å². The van der Waals surface area contributed by atoms with Crippen LogP contribution in [0.4, 0.5) is 0 Å². The van der Waals surface area contributed by atoms with Gasteiger partial charge in [-0.05, 0) is 18.4 Å². The summed E-state index contributed by atoms with van der Waals surface area (Å²) < 4.78 is 0. The summed E-state index contributed by atoms with van der Waals surface area (Å²) in [6, 6.07) is 3.98. The van der Waals surface area contributed by atoms with Crippen LogP contribution in [-0.4, -0.2) is 23.1 Å². The van der Waals surface area contributed by atoms with Crippen LogP contribution in [0.25, 0.3) is 0 Å². The monoisotopic (exact) mass is 209 g/mol. The van der Waals surface area contributed by atoms with Crippen LogP contribution >= 0.6 is 11.3 Å². The molecule has 0 saturated carbocycles. The topological polar surface area (TPSA) is 37.4 Å². The van der Waals surface area contributed by atoms with Gasteiger partial charge >= 0.3 is 0 Å². The maximum absolute atomic E-state index is 11.4. The van der Waals surface area contributed by atoms with E-state index in [0.29, 0.717) is 13.0 Å². The summed E-state index contributed by atoms with van der Waals surface area (Å²) in [6.07, 6.45) is 0.370. The lowest BCUT2D eigenvalue weighted by atomic mass is 10.2. The molecule has 1 aromatic rings. The zero-order valence-electron chi connectivity index (χ0n) is 7.90. The molecule has 1 aromatic heterocycles. The van der Waals surface area contributed by atoms with Crippen molar-refractivity contribution < 1.29 is 9.59 Å². The van der Waals surface area contributed by atoms with Crippen molar-refractivity contribution >= 4 is 23.0 Å². The first-order chi connectivity index (χ1) is 6.70. The van der Waals surface area contributed by atoms with Gasteiger partial charge in [0.15, 0.2) is 0 Å². The third-order valence-electron chi connectivity index (χ3n) is 2.50. The minimum Gasteiger partial charge on any atom is -0.328 e. The Kier molecular flexibility index (Phi) is 2.37. The summed E-state index contributed by atoms with van der Waals surface area (Å²) in [5, 5.41) is 1.98. The summed E-state index contributed by atoms with van der Waals surface area (Å²) in [5.74, 6) is -0.584. The Hall–Kier alpha value is -1.16. The summed E-state index contributed by atoms with van der Waals surface area (Å²) in [7, 11) is 0. The highest BCUT2D eigenvalue weighted by Gasteiger charge is 2.33. The molecule has 0 bridgehead atoms. The molecule has 0 aliphatic carbocycles. The largest absolute Gasteiger partial charge is 0.328 e. The highest BCUT2D eigenvalue weighted by molar-refractivity contribution is 7.10. The molecule has 0 radical (unpaired) electrons. The number of Topliss-reactive ketones (excluding diaryl/α,β-unsaturated/α-hetero) is 1. The van der Waals surface area contributed by atoms with Crippen LogP contribution in [0.2, 0.25) is 0 Å². The van der Waals surface area contributed by atoms with Gasteiger partial charge in [-0.3, -0.25) is 9.59 Å². The average molecular weight is 209 g/mol. The first kappa shape index (κ1) is 9.40. The van der Waals surface area contributed by atoms with Gasteiger partial charge in [-0.1, -0.05) is 6.07 Å². The SMILES string of the molecule is CC(c1cccs1)N1CCC(=O)C1=O. The number of thiophene rings is 1. The Labute approximate surface area is 86.3 Å². The van der Waals surface area contributed by atoms with E-state index in [4.69, 9.17) is 0 Å². The standard InChI is InChI=1S/C10H11NO2S/c1-7(9-3-2-6-14-9)11-5-4-8(12)10(11)13/h2-3,6-7H,4-5H2,1H3. The van der Waals surface area contributed by atoms with E-state index in [9.17, 15) is 9.59 Å². The normalized spacial score (nSPS) is 19.1. The maximum Gasteiger partial charge on any atom is 0.290 e. The summed E-state index contributed by atoms with van der Waals surface area (Å²) in [5.41, 5.74) is 0. The lowest BCUT2D eigenvalue weighted by molar-refractivity contribution is -0.141. The molecule has 14 heavy (non-hydrogen) atoms. The number of hydrogen-bond acceptors (Lipinski definition) is 3. The van der Waals surface area contributed by atoms with E-state index in [0.717, 1.165) is 4.88 Å². The second kappa shape index (κ2) is 3.53. The smallest absolute Gasteiger partial charge is 0.290 e. The number of carbonyl (C=O) groups is 2. The van der Waals surface area contributed by atoms with Gasteiger partial charge in [-0.2, -0.15) is 0 Å². The Morgan fingerprint density at radius 2 is 2.29 bits per heavy atom. The number of nitrogens with zero attached hydrogens (tertiary/aromatic N) is 1. The Morgan fingerprint density at radius 3 is 2.79 bits per heavy atom. The molecule has 1 aliphatic heterocycles. The third kappa shape index (κ3) is 1.46. The van der Waals surface area contributed by atoms with Gasteiger partial charge in [0, 0.05) is 17.8 Å².